The van der Waals surface area contributed by atoms with E-state index in [1.807, 2.05) is 24.3 Å². The molecular weight excluding hydrogens is 440 g/mol. The summed E-state index contributed by atoms with van der Waals surface area (Å²) in [5.41, 5.74) is 3.07. The van der Waals surface area contributed by atoms with E-state index >= 15 is 0 Å². The first kappa shape index (κ1) is 24.2. The highest BCUT2D eigenvalue weighted by molar-refractivity contribution is 5.88. The Morgan fingerprint density at radius 3 is 2.69 bits per heavy atom. The summed E-state index contributed by atoms with van der Waals surface area (Å²) in [7, 11) is 0. The van der Waals surface area contributed by atoms with Gasteiger partial charge in [-0.15, -0.1) is 0 Å². The molecule has 2 fully saturated rings. The van der Waals surface area contributed by atoms with Gasteiger partial charge in [0.1, 0.15) is 18.4 Å². The third-order valence-corrected chi connectivity index (χ3v) is 7.88. The number of hydrogen-bond donors (Lipinski definition) is 2. The van der Waals surface area contributed by atoms with Crippen molar-refractivity contribution in [3.63, 3.8) is 0 Å². The average Bonchev–Trinajstić information content (AvgIpc) is 3.47. The van der Waals surface area contributed by atoms with Gasteiger partial charge in [0.15, 0.2) is 0 Å². The van der Waals surface area contributed by atoms with Crippen LogP contribution in [-0.2, 0) is 17.8 Å². The van der Waals surface area contributed by atoms with Gasteiger partial charge in [0.25, 0.3) is 0 Å². The second kappa shape index (κ2) is 11.5. The number of piperidine rings is 1. The number of benzene rings is 1. The Hall–Kier alpha value is -2.51. The zero-order valence-electron chi connectivity index (χ0n) is 21.0. The zero-order chi connectivity index (χ0) is 24.0. The molecule has 5 rings (SSSR count). The minimum Gasteiger partial charge on any atom is -0.488 e. The van der Waals surface area contributed by atoms with Crippen LogP contribution in [0.5, 0.6) is 5.75 Å². The molecule has 7 heteroatoms. The number of amides is 1. The third kappa shape index (κ3) is 6.19. The quantitative estimate of drug-likeness (QED) is 0.594. The minimum atomic E-state index is -0.246. The fourth-order valence-corrected chi connectivity index (χ4v) is 5.77. The molecule has 4 heterocycles. The number of furan rings is 1. The molecule has 2 aromatic rings. The molecule has 1 amide bonds. The largest absolute Gasteiger partial charge is 0.488 e. The fourth-order valence-electron chi connectivity index (χ4n) is 5.77. The van der Waals surface area contributed by atoms with E-state index in [4.69, 9.17) is 9.15 Å². The van der Waals surface area contributed by atoms with Gasteiger partial charge in [0.05, 0.1) is 12.5 Å². The van der Waals surface area contributed by atoms with Gasteiger partial charge in [-0.2, -0.15) is 0 Å². The molecular formula is C28H40N4O3. The number of fused-ring (bicyclic) bond motifs is 1. The smallest absolute Gasteiger partial charge is 0.243 e. The summed E-state index contributed by atoms with van der Waals surface area (Å²) in [5, 5.41) is 6.73. The Labute approximate surface area is 209 Å². The van der Waals surface area contributed by atoms with Crippen molar-refractivity contribution in [2.45, 2.75) is 76.6 Å². The molecule has 0 saturated carbocycles. The van der Waals surface area contributed by atoms with Gasteiger partial charge >= 0.3 is 0 Å². The normalized spacial score (nSPS) is 22.7. The molecule has 2 atom stereocenters. The van der Waals surface area contributed by atoms with E-state index in [0.29, 0.717) is 19.1 Å². The standard InChI is InChI=1S/C28H40N4O3/c1-21(32-12-4-2-3-5-13-32)18-31-14-9-23(10-15-31)29-28(33)26-17-24-25(30-26)7-6-8-27(24)35-20-22-11-16-34-19-22/h6-8,11,16,19,21,23,26,30H,2-5,9-10,12-15,17-18,20H2,1H3,(H,29,33)/t21-,26?/m1/s1. The van der Waals surface area contributed by atoms with Crippen molar-refractivity contribution in [1.82, 2.24) is 15.1 Å². The van der Waals surface area contributed by atoms with E-state index in [1.54, 1.807) is 12.5 Å². The molecule has 3 aliphatic rings. The molecule has 0 radical (unpaired) electrons. The van der Waals surface area contributed by atoms with Crippen molar-refractivity contribution < 1.29 is 13.9 Å². The Kier molecular flexibility index (Phi) is 7.94. The Morgan fingerprint density at radius 1 is 1.14 bits per heavy atom. The van der Waals surface area contributed by atoms with Crippen LogP contribution in [0.3, 0.4) is 0 Å². The molecule has 190 valence electrons. The number of carbonyl (C=O) groups is 1. The maximum Gasteiger partial charge on any atom is 0.243 e. The predicted molar refractivity (Wildman–Crippen MR) is 138 cm³/mol. The lowest BCUT2D eigenvalue weighted by atomic mass is 10.0. The first-order valence-electron chi connectivity index (χ1n) is 13.4. The number of anilines is 1. The highest BCUT2D eigenvalue weighted by Gasteiger charge is 2.31. The summed E-state index contributed by atoms with van der Waals surface area (Å²) in [6.07, 6.45) is 11.5. The van der Waals surface area contributed by atoms with E-state index in [1.165, 1.54) is 38.8 Å². The molecule has 7 nitrogen and oxygen atoms in total. The molecule has 2 saturated heterocycles. The first-order chi connectivity index (χ1) is 17.2. The van der Waals surface area contributed by atoms with E-state index in [0.717, 1.165) is 55.0 Å². The second-order valence-corrected chi connectivity index (χ2v) is 10.5. The molecule has 2 N–H and O–H groups in total. The second-order valence-electron chi connectivity index (χ2n) is 10.5. The van der Waals surface area contributed by atoms with Crippen LogP contribution in [0.25, 0.3) is 0 Å². The summed E-state index contributed by atoms with van der Waals surface area (Å²) < 4.78 is 11.1. The van der Waals surface area contributed by atoms with E-state index in [2.05, 4.69) is 27.4 Å². The molecule has 1 aromatic carbocycles. The first-order valence-corrected chi connectivity index (χ1v) is 13.4. The van der Waals surface area contributed by atoms with Crippen LogP contribution in [0, 0.1) is 0 Å². The van der Waals surface area contributed by atoms with Crippen molar-refractivity contribution in [2.75, 3.05) is 38.0 Å². The van der Waals surface area contributed by atoms with Crippen LogP contribution < -0.4 is 15.4 Å². The molecule has 1 aromatic heterocycles. The van der Waals surface area contributed by atoms with Crippen molar-refractivity contribution in [2.24, 2.45) is 0 Å². The van der Waals surface area contributed by atoms with Crippen LogP contribution in [-0.4, -0.2) is 66.6 Å². The average molecular weight is 481 g/mol. The zero-order valence-corrected chi connectivity index (χ0v) is 21.0. The lowest BCUT2D eigenvalue weighted by Crippen LogP contribution is -2.51. The maximum atomic E-state index is 13.1. The van der Waals surface area contributed by atoms with Gasteiger partial charge in [-0.3, -0.25) is 9.69 Å². The summed E-state index contributed by atoms with van der Waals surface area (Å²) >= 11 is 0. The lowest BCUT2D eigenvalue weighted by Gasteiger charge is -2.37. The SMILES string of the molecule is C[C@H](CN1CCC(NC(=O)C2Cc3c(cccc3OCc3ccoc3)N2)CC1)N1CCCCCC1. The number of hydrogen-bond acceptors (Lipinski definition) is 6. The Morgan fingerprint density at radius 2 is 1.94 bits per heavy atom. The Balaban J connectivity index is 1.07. The van der Waals surface area contributed by atoms with Crippen LogP contribution >= 0.6 is 0 Å². The summed E-state index contributed by atoms with van der Waals surface area (Å²) in [6.45, 7) is 8.61. The van der Waals surface area contributed by atoms with Gasteiger partial charge in [-0.05, 0) is 63.9 Å². The van der Waals surface area contributed by atoms with Gasteiger partial charge in [0.2, 0.25) is 5.91 Å². The van der Waals surface area contributed by atoms with Crippen molar-refractivity contribution in [3.05, 3.63) is 47.9 Å². The third-order valence-electron chi connectivity index (χ3n) is 7.88. The van der Waals surface area contributed by atoms with Crippen LogP contribution in [0.15, 0.2) is 41.2 Å². The van der Waals surface area contributed by atoms with Gasteiger partial charge in [-0.25, -0.2) is 0 Å². The number of likely N-dealkylation sites (tertiary alicyclic amines) is 2. The van der Waals surface area contributed by atoms with Crippen LogP contribution in [0.2, 0.25) is 0 Å². The summed E-state index contributed by atoms with van der Waals surface area (Å²) in [5.74, 6) is 0.928. The van der Waals surface area contributed by atoms with Gasteiger partial charge < -0.3 is 24.7 Å². The highest BCUT2D eigenvalue weighted by Crippen LogP contribution is 2.34. The van der Waals surface area contributed by atoms with Crippen LogP contribution in [0.1, 0.15) is 56.6 Å². The summed E-state index contributed by atoms with van der Waals surface area (Å²) in [4.78, 5) is 18.4. The number of carbonyl (C=O) groups excluding carboxylic acids is 1. The molecule has 1 unspecified atom stereocenters. The summed E-state index contributed by atoms with van der Waals surface area (Å²) in [6, 6.07) is 8.50. The molecule has 35 heavy (non-hydrogen) atoms. The lowest BCUT2D eigenvalue weighted by molar-refractivity contribution is -0.122. The van der Waals surface area contributed by atoms with E-state index in [-0.39, 0.29) is 18.0 Å². The maximum absolute atomic E-state index is 13.1. The molecule has 3 aliphatic heterocycles. The fraction of sp³-hybridized carbons (Fsp3) is 0.607. The van der Waals surface area contributed by atoms with E-state index in [9.17, 15) is 4.79 Å². The predicted octanol–water partition coefficient (Wildman–Crippen LogP) is 4.04. The van der Waals surface area contributed by atoms with Gasteiger partial charge in [0, 0.05) is 55.0 Å². The van der Waals surface area contributed by atoms with E-state index < -0.39 is 0 Å². The monoisotopic (exact) mass is 480 g/mol. The topological polar surface area (TPSA) is 70.0 Å². The van der Waals surface area contributed by atoms with Crippen LogP contribution in [0.4, 0.5) is 5.69 Å². The number of ether oxygens (including phenoxy) is 1. The molecule has 0 aliphatic carbocycles. The van der Waals surface area contributed by atoms with Crippen molar-refractivity contribution >= 4 is 11.6 Å². The van der Waals surface area contributed by atoms with Gasteiger partial charge in [-0.1, -0.05) is 18.9 Å². The molecule has 0 spiro atoms. The molecule has 0 bridgehead atoms. The number of nitrogens with one attached hydrogen (secondary N) is 2. The highest BCUT2D eigenvalue weighted by atomic mass is 16.5. The van der Waals surface area contributed by atoms with Crippen molar-refractivity contribution in [1.29, 1.82) is 0 Å². The minimum absolute atomic E-state index is 0.0957. The number of nitrogens with zero attached hydrogens (tertiary/aromatic N) is 2. The van der Waals surface area contributed by atoms with Crippen molar-refractivity contribution in [3.8, 4) is 5.75 Å². The Bertz CT molecular complexity index is 947. The number of rotatable bonds is 8.